The van der Waals surface area contributed by atoms with Crippen LogP contribution in [0.3, 0.4) is 0 Å². The van der Waals surface area contributed by atoms with Crippen LogP contribution >= 0.6 is 0 Å². The Morgan fingerprint density at radius 2 is 1.92 bits per heavy atom. The van der Waals surface area contributed by atoms with E-state index in [0.717, 1.165) is 37.8 Å². The number of nitrogens with zero attached hydrogens (tertiary/aromatic N) is 1. The van der Waals surface area contributed by atoms with Crippen molar-refractivity contribution in [2.24, 2.45) is 5.92 Å². The van der Waals surface area contributed by atoms with Gasteiger partial charge in [0.1, 0.15) is 6.61 Å². The van der Waals surface area contributed by atoms with Crippen LogP contribution in [0.1, 0.15) is 38.5 Å². The maximum absolute atomic E-state index is 13.8. The second kappa shape index (κ2) is 6.98. The molecule has 1 atom stereocenters. The molecule has 5 nitrogen and oxygen atoms in total. The molecule has 136 valence electrons. The van der Waals surface area contributed by atoms with Gasteiger partial charge < -0.3 is 10.1 Å². The van der Waals surface area contributed by atoms with E-state index in [-0.39, 0.29) is 18.5 Å². The second-order valence-corrected chi connectivity index (χ2v) is 6.97. The molecule has 1 unspecified atom stereocenters. The zero-order chi connectivity index (χ0) is 18.0. The lowest BCUT2D eigenvalue weighted by Crippen LogP contribution is -2.53. The summed E-state index contributed by atoms with van der Waals surface area (Å²) in [5.41, 5.74) is -1.15. The number of halogens is 2. The molecule has 1 saturated heterocycles. The molecule has 0 spiro atoms. The molecule has 1 aromatic rings. The number of ether oxygens (including phenoxy) is 1. The Balaban J connectivity index is 1.81. The van der Waals surface area contributed by atoms with E-state index >= 15 is 0 Å². The minimum atomic E-state index is -1.15. The number of carbonyl (C=O) groups is 1. The number of guanidine groups is 1. The number of rotatable bonds is 5. The lowest BCUT2D eigenvalue weighted by molar-refractivity contribution is -0.132. The first-order chi connectivity index (χ1) is 11.9. The highest BCUT2D eigenvalue weighted by Gasteiger charge is 2.50. The molecule has 1 saturated carbocycles. The van der Waals surface area contributed by atoms with E-state index < -0.39 is 22.9 Å². The Bertz CT molecular complexity index is 656. The number of hydrogen-bond acceptors (Lipinski definition) is 3. The number of likely N-dealkylation sites (N-methyl/N-ethyl adjacent to an activating group) is 1. The van der Waals surface area contributed by atoms with E-state index in [9.17, 15) is 13.6 Å². The molecule has 0 aromatic heterocycles. The van der Waals surface area contributed by atoms with Crippen molar-refractivity contribution < 1.29 is 18.3 Å². The Kier molecular flexibility index (Phi) is 4.92. The van der Waals surface area contributed by atoms with Gasteiger partial charge in [-0.1, -0.05) is 38.2 Å². The molecular formula is C18H23F2N3O2. The molecule has 2 fully saturated rings. The highest BCUT2D eigenvalue weighted by Crippen LogP contribution is 2.34. The Labute approximate surface area is 145 Å². The van der Waals surface area contributed by atoms with Gasteiger partial charge in [-0.2, -0.15) is 0 Å². The number of hydrogen-bond donors (Lipinski definition) is 2. The molecular weight excluding hydrogens is 328 g/mol. The van der Waals surface area contributed by atoms with E-state index in [4.69, 9.17) is 10.1 Å². The minimum absolute atomic E-state index is 0.0154. The Hall–Kier alpha value is -2.18. The number of benzene rings is 1. The summed E-state index contributed by atoms with van der Waals surface area (Å²) in [4.78, 5) is 14.0. The van der Waals surface area contributed by atoms with Crippen molar-refractivity contribution in [3.8, 4) is 5.75 Å². The Morgan fingerprint density at radius 3 is 2.48 bits per heavy atom. The van der Waals surface area contributed by atoms with Crippen molar-refractivity contribution in [2.45, 2.75) is 44.1 Å². The highest BCUT2D eigenvalue weighted by molar-refractivity contribution is 6.07. The molecule has 1 aromatic carbocycles. The normalized spacial score (nSPS) is 24.5. The van der Waals surface area contributed by atoms with E-state index in [0.29, 0.717) is 12.3 Å². The lowest BCUT2D eigenvalue weighted by Gasteiger charge is -2.32. The standard InChI is InChI=1S/C18H23F2N3O2/c1-23-16(24)18(22-17(23)21,10-12-6-3-2-4-7-12)11-25-15-13(19)8-5-9-14(15)20/h5,8-9,12H,2-4,6-7,10-11H2,1H3,(H2,21,22). The highest BCUT2D eigenvalue weighted by atomic mass is 19.1. The van der Waals surface area contributed by atoms with Crippen LogP contribution in [0.5, 0.6) is 5.75 Å². The maximum atomic E-state index is 13.8. The van der Waals surface area contributed by atoms with Gasteiger partial charge in [0.15, 0.2) is 28.9 Å². The molecule has 25 heavy (non-hydrogen) atoms. The third-order valence-corrected chi connectivity index (χ3v) is 5.15. The molecule has 3 rings (SSSR count). The fraction of sp³-hybridized carbons (Fsp3) is 0.556. The molecule has 0 bridgehead atoms. The fourth-order valence-electron chi connectivity index (χ4n) is 3.78. The third-order valence-electron chi connectivity index (χ3n) is 5.15. The Morgan fingerprint density at radius 1 is 1.28 bits per heavy atom. The summed E-state index contributed by atoms with van der Waals surface area (Å²) in [7, 11) is 1.52. The van der Waals surface area contributed by atoms with Gasteiger partial charge in [0.25, 0.3) is 5.91 Å². The van der Waals surface area contributed by atoms with Gasteiger partial charge in [0.2, 0.25) is 0 Å². The summed E-state index contributed by atoms with van der Waals surface area (Å²) >= 11 is 0. The van der Waals surface area contributed by atoms with Gasteiger partial charge in [-0.05, 0) is 24.5 Å². The van der Waals surface area contributed by atoms with E-state index in [1.165, 1.54) is 24.4 Å². The van der Waals surface area contributed by atoms with Crippen LogP contribution in [0.4, 0.5) is 8.78 Å². The van der Waals surface area contributed by atoms with Crippen molar-refractivity contribution in [2.75, 3.05) is 13.7 Å². The number of para-hydroxylation sites is 1. The van der Waals surface area contributed by atoms with E-state index in [2.05, 4.69) is 5.32 Å². The maximum Gasteiger partial charge on any atom is 0.258 e. The predicted octanol–water partition coefficient (Wildman–Crippen LogP) is 3.05. The molecule has 1 aliphatic carbocycles. The van der Waals surface area contributed by atoms with Crippen LogP contribution in [0.15, 0.2) is 18.2 Å². The molecule has 2 aliphatic rings. The van der Waals surface area contributed by atoms with Gasteiger partial charge in [-0.25, -0.2) is 8.78 Å². The van der Waals surface area contributed by atoms with E-state index in [1.807, 2.05) is 0 Å². The first-order valence-electron chi connectivity index (χ1n) is 8.65. The van der Waals surface area contributed by atoms with Crippen molar-refractivity contribution in [1.29, 1.82) is 5.41 Å². The van der Waals surface area contributed by atoms with Crippen LogP contribution in [-0.4, -0.2) is 36.0 Å². The fourth-order valence-corrected chi connectivity index (χ4v) is 3.78. The predicted molar refractivity (Wildman–Crippen MR) is 89.4 cm³/mol. The molecule has 1 amide bonds. The lowest BCUT2D eigenvalue weighted by atomic mass is 9.79. The SMILES string of the molecule is CN1C(=N)NC(COc2c(F)cccc2F)(CC2CCCCC2)C1=O. The monoisotopic (exact) mass is 351 g/mol. The number of amides is 1. The van der Waals surface area contributed by atoms with Crippen LogP contribution in [0, 0.1) is 23.0 Å². The quantitative estimate of drug-likeness (QED) is 0.857. The van der Waals surface area contributed by atoms with Gasteiger partial charge >= 0.3 is 0 Å². The summed E-state index contributed by atoms with van der Waals surface area (Å²) in [6.07, 6.45) is 5.95. The third kappa shape index (κ3) is 3.45. The van der Waals surface area contributed by atoms with Crippen molar-refractivity contribution in [3.05, 3.63) is 29.8 Å². The van der Waals surface area contributed by atoms with E-state index in [1.54, 1.807) is 0 Å². The number of nitrogens with one attached hydrogen (secondary N) is 2. The molecule has 2 N–H and O–H groups in total. The molecule has 7 heteroatoms. The average molecular weight is 351 g/mol. The largest absolute Gasteiger partial charge is 0.485 e. The zero-order valence-electron chi connectivity index (χ0n) is 14.3. The topological polar surface area (TPSA) is 65.4 Å². The smallest absolute Gasteiger partial charge is 0.258 e. The van der Waals surface area contributed by atoms with Crippen molar-refractivity contribution in [3.63, 3.8) is 0 Å². The molecule has 1 heterocycles. The zero-order valence-corrected chi connectivity index (χ0v) is 14.3. The van der Waals surface area contributed by atoms with Crippen molar-refractivity contribution in [1.82, 2.24) is 10.2 Å². The van der Waals surface area contributed by atoms with Crippen LogP contribution < -0.4 is 10.1 Å². The summed E-state index contributed by atoms with van der Waals surface area (Å²) < 4.78 is 33.1. The summed E-state index contributed by atoms with van der Waals surface area (Å²) in [6.45, 7) is -0.215. The van der Waals surface area contributed by atoms with Gasteiger partial charge in [-0.15, -0.1) is 0 Å². The van der Waals surface area contributed by atoms with Crippen LogP contribution in [0.25, 0.3) is 0 Å². The van der Waals surface area contributed by atoms with Crippen LogP contribution in [-0.2, 0) is 4.79 Å². The van der Waals surface area contributed by atoms with Gasteiger partial charge in [0, 0.05) is 7.05 Å². The first kappa shape index (κ1) is 17.6. The first-order valence-corrected chi connectivity index (χ1v) is 8.65. The second-order valence-electron chi connectivity index (χ2n) is 6.97. The average Bonchev–Trinajstić information content (AvgIpc) is 2.80. The summed E-state index contributed by atoms with van der Waals surface area (Å²) in [6, 6.07) is 3.49. The van der Waals surface area contributed by atoms with Crippen molar-refractivity contribution >= 4 is 11.9 Å². The van der Waals surface area contributed by atoms with Gasteiger partial charge in [0.05, 0.1) is 0 Å². The summed E-state index contributed by atoms with van der Waals surface area (Å²) in [5.74, 6) is -2.07. The minimum Gasteiger partial charge on any atom is -0.485 e. The number of carbonyl (C=O) groups excluding carboxylic acids is 1. The molecule has 0 radical (unpaired) electrons. The molecule has 1 aliphatic heterocycles. The summed E-state index contributed by atoms with van der Waals surface area (Å²) in [5, 5.41) is 10.8. The van der Waals surface area contributed by atoms with Crippen LogP contribution in [0.2, 0.25) is 0 Å². The van der Waals surface area contributed by atoms with Gasteiger partial charge in [-0.3, -0.25) is 15.1 Å².